The van der Waals surface area contributed by atoms with Crippen LogP contribution in [0.2, 0.25) is 0 Å². The zero-order valence-electron chi connectivity index (χ0n) is 5.71. The third-order valence-electron chi connectivity index (χ3n) is 1.21. The van der Waals surface area contributed by atoms with Crippen LogP contribution in [0.1, 0.15) is 0 Å². The number of anilines is 1. The third-order valence-corrected chi connectivity index (χ3v) is 3.76. The van der Waals surface area contributed by atoms with E-state index in [1.165, 1.54) is 4.03 Å². The summed E-state index contributed by atoms with van der Waals surface area (Å²) in [6.45, 7) is 0. The summed E-state index contributed by atoms with van der Waals surface area (Å²) in [4.78, 5) is 0. The quantitative estimate of drug-likeness (QED) is 0.431. The number of hydrogen-bond donors (Lipinski definition) is 0. The molecule has 0 amide bonds. The highest BCUT2D eigenvalue weighted by atomic mass is 79.9. The van der Waals surface area contributed by atoms with E-state index in [0.29, 0.717) is 5.69 Å². The molecule has 0 aliphatic rings. The lowest BCUT2D eigenvalue weighted by Crippen LogP contribution is -1.96. The first kappa shape index (κ1) is 9.96. The van der Waals surface area contributed by atoms with Gasteiger partial charge in [0.25, 0.3) is 5.39 Å². The van der Waals surface area contributed by atoms with E-state index in [2.05, 4.69) is 53.1 Å². The molecule has 0 fully saturated rings. The minimum Gasteiger partial charge on any atom is -0.0587 e. The lowest BCUT2D eigenvalue weighted by molar-refractivity contribution is 1.31. The molecule has 0 saturated heterocycles. The first-order valence-electron chi connectivity index (χ1n) is 2.91. The number of rotatable bonds is 1. The lowest BCUT2D eigenvalue weighted by atomic mass is 10.3. The Kier molecular flexibility index (Phi) is 3.50. The second-order valence-electron chi connectivity index (χ2n) is 1.92. The topological polar surface area (TPSA) is 31.4 Å². The van der Waals surface area contributed by atoms with Gasteiger partial charge < -0.3 is 0 Å². The van der Waals surface area contributed by atoms with Crippen molar-refractivity contribution in [2.45, 2.75) is 0 Å². The monoisotopic (exact) mass is 354 g/mol. The average Bonchev–Trinajstić information content (AvgIpc) is 2.08. The van der Waals surface area contributed by atoms with E-state index in [4.69, 9.17) is 5.39 Å². The van der Waals surface area contributed by atoms with E-state index in [1.807, 2.05) is 12.1 Å². The minimum atomic E-state index is 0.715. The molecule has 62 valence electrons. The van der Waals surface area contributed by atoms with Crippen LogP contribution in [-0.2, 0) is 0 Å². The van der Waals surface area contributed by atoms with Crippen LogP contribution in [0.5, 0.6) is 0 Å². The molecule has 0 aliphatic heterocycles. The van der Waals surface area contributed by atoms with Gasteiger partial charge in [0.1, 0.15) is 21.8 Å². The SMILES string of the molecule is N#[N+]N(Br)c1cccc(Br)c1Br. The van der Waals surface area contributed by atoms with Crippen molar-refractivity contribution in [2.75, 3.05) is 4.03 Å². The fourth-order valence-corrected chi connectivity index (χ4v) is 2.00. The van der Waals surface area contributed by atoms with Crippen LogP contribution in [-0.4, -0.2) is 0 Å². The van der Waals surface area contributed by atoms with Gasteiger partial charge in [-0.05, 0) is 44.0 Å². The van der Waals surface area contributed by atoms with Gasteiger partial charge in [0.05, 0.1) is 8.51 Å². The van der Waals surface area contributed by atoms with Gasteiger partial charge in [-0.25, -0.2) is 0 Å². The number of diazo groups is 1. The van der Waals surface area contributed by atoms with Gasteiger partial charge in [-0.15, -0.1) is 0 Å². The predicted molar refractivity (Wildman–Crippen MR) is 58.3 cm³/mol. The van der Waals surface area contributed by atoms with E-state index < -0.39 is 0 Å². The molecule has 1 rings (SSSR count). The molecule has 0 heterocycles. The number of hydrogen-bond acceptors (Lipinski definition) is 2. The fourth-order valence-electron chi connectivity index (χ4n) is 0.683. The van der Waals surface area contributed by atoms with Gasteiger partial charge in [0, 0.05) is 4.47 Å². The van der Waals surface area contributed by atoms with E-state index in [1.54, 1.807) is 6.07 Å². The predicted octanol–water partition coefficient (Wildman–Crippen LogP) is 4.10. The van der Waals surface area contributed by atoms with Crippen LogP contribution >= 0.6 is 48.0 Å². The van der Waals surface area contributed by atoms with E-state index in [-0.39, 0.29) is 0 Å². The molecular formula is C6H3Br3N3+. The maximum atomic E-state index is 8.47. The normalized spacial score (nSPS) is 9.17. The summed E-state index contributed by atoms with van der Waals surface area (Å²) in [7, 11) is 0. The summed E-state index contributed by atoms with van der Waals surface area (Å²) in [5, 5.41) is 11.4. The van der Waals surface area contributed by atoms with Crippen molar-refractivity contribution < 1.29 is 0 Å². The standard InChI is InChI=1S/C6H3Br3N3/c7-4-2-1-3-5(6(4)8)12(9)11-10/h1-3H/q+1. The van der Waals surface area contributed by atoms with Crippen LogP contribution < -0.4 is 4.03 Å². The van der Waals surface area contributed by atoms with Crippen molar-refractivity contribution in [1.82, 2.24) is 0 Å². The fraction of sp³-hybridized carbons (Fsp3) is 0. The van der Waals surface area contributed by atoms with Crippen LogP contribution in [0.3, 0.4) is 0 Å². The molecule has 0 bridgehead atoms. The minimum absolute atomic E-state index is 0.715. The van der Waals surface area contributed by atoms with Gasteiger partial charge in [-0.1, -0.05) is 6.07 Å². The smallest absolute Gasteiger partial charge is 0.0587 e. The Morgan fingerprint density at radius 1 is 1.33 bits per heavy atom. The van der Waals surface area contributed by atoms with Gasteiger partial charge >= 0.3 is 5.08 Å². The average molecular weight is 357 g/mol. The Morgan fingerprint density at radius 2 is 2.00 bits per heavy atom. The highest BCUT2D eigenvalue weighted by molar-refractivity contribution is 9.13. The van der Waals surface area contributed by atoms with Gasteiger partial charge in [0.15, 0.2) is 0 Å². The molecule has 0 N–H and O–H groups in total. The first-order valence-corrected chi connectivity index (χ1v) is 5.21. The molecule has 0 atom stereocenters. The molecule has 0 aromatic heterocycles. The van der Waals surface area contributed by atoms with Crippen LogP contribution in [0.25, 0.3) is 5.08 Å². The summed E-state index contributed by atoms with van der Waals surface area (Å²) < 4.78 is 2.90. The van der Waals surface area contributed by atoms with Gasteiger partial charge in [-0.2, -0.15) is 0 Å². The Balaban J connectivity index is 3.18. The molecule has 12 heavy (non-hydrogen) atoms. The summed E-state index contributed by atoms with van der Waals surface area (Å²) in [5.74, 6) is 0. The molecule has 0 radical (unpaired) electrons. The summed E-state index contributed by atoms with van der Waals surface area (Å²) in [5.41, 5.74) is 0.715. The molecule has 1 aromatic rings. The maximum absolute atomic E-state index is 8.47. The summed E-state index contributed by atoms with van der Waals surface area (Å²) >= 11 is 9.69. The van der Waals surface area contributed by atoms with E-state index in [0.717, 1.165) is 8.95 Å². The Hall–Kier alpha value is -0.120. The van der Waals surface area contributed by atoms with Crippen molar-refractivity contribution in [2.24, 2.45) is 0 Å². The highest BCUT2D eigenvalue weighted by Crippen LogP contribution is 2.34. The van der Waals surface area contributed by atoms with Crippen molar-refractivity contribution in [3.05, 3.63) is 32.2 Å². The van der Waals surface area contributed by atoms with Crippen molar-refractivity contribution in [3.63, 3.8) is 0 Å². The second kappa shape index (κ2) is 4.21. The zero-order valence-corrected chi connectivity index (χ0v) is 10.5. The molecular weight excluding hydrogens is 354 g/mol. The Labute approximate surface area is 94.9 Å². The van der Waals surface area contributed by atoms with Crippen LogP contribution in [0.15, 0.2) is 27.1 Å². The van der Waals surface area contributed by atoms with Gasteiger partial charge in [0.2, 0.25) is 0 Å². The highest BCUT2D eigenvalue weighted by Gasteiger charge is 2.17. The maximum Gasteiger partial charge on any atom is 0.322 e. The largest absolute Gasteiger partial charge is 0.322 e. The zero-order chi connectivity index (χ0) is 9.14. The van der Waals surface area contributed by atoms with Crippen molar-refractivity contribution in [3.8, 4) is 0 Å². The van der Waals surface area contributed by atoms with Gasteiger partial charge in [-0.3, -0.25) is 0 Å². The summed E-state index contributed by atoms with van der Waals surface area (Å²) in [6.07, 6.45) is 0. The van der Waals surface area contributed by atoms with E-state index >= 15 is 0 Å². The third kappa shape index (κ3) is 1.97. The Bertz CT molecular complexity index is 333. The van der Waals surface area contributed by atoms with E-state index in [9.17, 15) is 0 Å². The van der Waals surface area contributed by atoms with Crippen molar-refractivity contribution >= 4 is 53.7 Å². The number of nitrogens with zero attached hydrogens (tertiary/aromatic N) is 3. The lowest BCUT2D eigenvalue weighted by Gasteiger charge is -2.00. The Morgan fingerprint density at radius 3 is 2.58 bits per heavy atom. The molecule has 0 unspecified atom stereocenters. The molecule has 0 saturated carbocycles. The molecule has 3 nitrogen and oxygen atoms in total. The second-order valence-corrected chi connectivity index (χ2v) is 4.24. The van der Waals surface area contributed by atoms with Crippen LogP contribution in [0.4, 0.5) is 5.69 Å². The number of benzene rings is 1. The molecule has 1 aromatic carbocycles. The molecule has 0 aliphatic carbocycles. The molecule has 6 heteroatoms. The first-order chi connectivity index (χ1) is 5.66. The van der Waals surface area contributed by atoms with Crippen LogP contribution in [0, 0.1) is 5.39 Å². The van der Waals surface area contributed by atoms with Crippen molar-refractivity contribution in [1.29, 1.82) is 5.39 Å². The summed E-state index contributed by atoms with van der Waals surface area (Å²) in [6, 6.07) is 5.51. The number of halogens is 3. The molecule has 0 spiro atoms.